The zero-order chi connectivity index (χ0) is 13.5. The topological polar surface area (TPSA) is 12.9 Å². The van der Waals surface area contributed by atoms with Gasteiger partial charge in [0.15, 0.2) is 0 Å². The van der Waals surface area contributed by atoms with Gasteiger partial charge in [0, 0.05) is 10.9 Å². The van der Waals surface area contributed by atoms with Crippen molar-refractivity contribution in [3.63, 3.8) is 0 Å². The Labute approximate surface area is 111 Å². The van der Waals surface area contributed by atoms with Crippen LogP contribution in [0.1, 0.15) is 5.56 Å². The smallest absolute Gasteiger partial charge is 0.255 e. The average Bonchev–Trinajstić information content (AvgIpc) is 2.81. The van der Waals surface area contributed by atoms with Crippen molar-refractivity contribution >= 4 is 21.4 Å². The predicted octanol–water partition coefficient (Wildman–Crippen LogP) is 4.98. The molecule has 0 fully saturated rings. The van der Waals surface area contributed by atoms with E-state index < -0.39 is 11.7 Å². The number of thiophene rings is 1. The monoisotopic (exact) mass is 279 g/mol. The van der Waals surface area contributed by atoms with Crippen molar-refractivity contribution in [1.29, 1.82) is 0 Å². The van der Waals surface area contributed by atoms with Crippen LogP contribution in [0.2, 0.25) is 0 Å². The highest BCUT2D eigenvalue weighted by Gasteiger charge is 2.34. The second-order valence-corrected chi connectivity index (χ2v) is 5.13. The number of alkyl halides is 3. The molecule has 0 aliphatic rings. The molecule has 0 spiro atoms. The summed E-state index contributed by atoms with van der Waals surface area (Å²) in [5.74, 6) is 0. The van der Waals surface area contributed by atoms with E-state index in [1.807, 2.05) is 24.3 Å². The van der Waals surface area contributed by atoms with Crippen LogP contribution in [0, 0.1) is 0 Å². The maximum Gasteiger partial charge on any atom is 0.418 e. The standard InChI is InChI=1S/C14H8F3NS/c15-14(16,17)10-5-3-7-18-13(10)12-8-9-4-1-2-6-11(9)19-12/h1-8H. The lowest BCUT2D eigenvalue weighted by atomic mass is 10.1. The van der Waals surface area contributed by atoms with E-state index in [1.165, 1.54) is 23.6 Å². The third-order valence-corrected chi connectivity index (χ3v) is 3.89. The Morgan fingerprint density at radius 2 is 1.79 bits per heavy atom. The van der Waals surface area contributed by atoms with Crippen LogP contribution in [-0.2, 0) is 6.18 Å². The lowest BCUT2D eigenvalue weighted by Gasteiger charge is -2.09. The summed E-state index contributed by atoms with van der Waals surface area (Å²) in [5.41, 5.74) is -0.697. The van der Waals surface area contributed by atoms with E-state index in [0.717, 1.165) is 16.2 Å². The van der Waals surface area contributed by atoms with Gasteiger partial charge in [-0.15, -0.1) is 11.3 Å². The van der Waals surface area contributed by atoms with E-state index in [4.69, 9.17) is 0 Å². The molecular weight excluding hydrogens is 271 g/mol. The summed E-state index contributed by atoms with van der Waals surface area (Å²) >= 11 is 1.32. The normalized spacial score (nSPS) is 11.9. The Hall–Kier alpha value is -1.88. The molecule has 2 heterocycles. The van der Waals surface area contributed by atoms with Gasteiger partial charge in [0.05, 0.1) is 16.1 Å². The fraction of sp³-hybridized carbons (Fsp3) is 0.0714. The zero-order valence-corrected chi connectivity index (χ0v) is 10.4. The van der Waals surface area contributed by atoms with Gasteiger partial charge in [-0.25, -0.2) is 0 Å². The lowest BCUT2D eigenvalue weighted by Crippen LogP contribution is -2.07. The third-order valence-electron chi connectivity index (χ3n) is 2.77. The molecular formula is C14H8F3NS. The molecule has 2 aromatic heterocycles. The first kappa shape index (κ1) is 12.2. The Bertz CT molecular complexity index is 698. The molecule has 3 rings (SSSR count). The Balaban J connectivity index is 2.22. The number of hydrogen-bond acceptors (Lipinski definition) is 2. The van der Waals surface area contributed by atoms with Gasteiger partial charge < -0.3 is 0 Å². The number of aromatic nitrogens is 1. The molecule has 0 radical (unpaired) electrons. The largest absolute Gasteiger partial charge is 0.418 e. The number of pyridine rings is 1. The molecule has 0 saturated carbocycles. The first-order valence-electron chi connectivity index (χ1n) is 5.57. The molecule has 0 atom stereocenters. The fourth-order valence-electron chi connectivity index (χ4n) is 1.93. The second kappa shape index (κ2) is 4.35. The number of halogens is 3. The molecule has 5 heteroatoms. The summed E-state index contributed by atoms with van der Waals surface area (Å²) in [7, 11) is 0. The first-order valence-corrected chi connectivity index (χ1v) is 6.38. The molecule has 96 valence electrons. The molecule has 0 saturated heterocycles. The number of rotatable bonds is 1. The fourth-order valence-corrected chi connectivity index (χ4v) is 3.00. The van der Waals surface area contributed by atoms with Crippen LogP contribution in [0.4, 0.5) is 13.2 Å². The van der Waals surface area contributed by atoms with E-state index in [1.54, 1.807) is 6.07 Å². The molecule has 0 bridgehead atoms. The van der Waals surface area contributed by atoms with Gasteiger partial charge in [-0.05, 0) is 29.7 Å². The Morgan fingerprint density at radius 1 is 1.00 bits per heavy atom. The highest BCUT2D eigenvalue weighted by atomic mass is 32.1. The van der Waals surface area contributed by atoms with Crippen molar-refractivity contribution < 1.29 is 13.2 Å². The summed E-state index contributed by atoms with van der Waals surface area (Å²) < 4.78 is 39.8. The molecule has 3 aromatic rings. The van der Waals surface area contributed by atoms with Crippen molar-refractivity contribution in [2.24, 2.45) is 0 Å². The van der Waals surface area contributed by atoms with E-state index in [2.05, 4.69) is 4.98 Å². The van der Waals surface area contributed by atoms with Crippen molar-refractivity contribution in [3.05, 3.63) is 54.2 Å². The average molecular weight is 279 g/mol. The number of fused-ring (bicyclic) bond motifs is 1. The van der Waals surface area contributed by atoms with Gasteiger partial charge >= 0.3 is 6.18 Å². The summed E-state index contributed by atoms with van der Waals surface area (Å²) in [5, 5.41) is 0.932. The summed E-state index contributed by atoms with van der Waals surface area (Å²) in [6.45, 7) is 0. The van der Waals surface area contributed by atoms with Crippen molar-refractivity contribution in [2.45, 2.75) is 6.18 Å². The summed E-state index contributed by atoms with van der Waals surface area (Å²) in [6, 6.07) is 11.6. The van der Waals surface area contributed by atoms with Crippen LogP contribution < -0.4 is 0 Å². The van der Waals surface area contributed by atoms with Gasteiger partial charge in [-0.3, -0.25) is 4.98 Å². The first-order chi connectivity index (χ1) is 9.05. The maximum absolute atomic E-state index is 13.0. The molecule has 1 aromatic carbocycles. The SMILES string of the molecule is FC(F)(F)c1cccnc1-c1cc2ccccc2s1. The van der Waals surface area contributed by atoms with Gasteiger partial charge in [0.1, 0.15) is 0 Å². The predicted molar refractivity (Wildman–Crippen MR) is 70.1 cm³/mol. The van der Waals surface area contributed by atoms with Crippen LogP contribution in [0.5, 0.6) is 0 Å². The van der Waals surface area contributed by atoms with Crippen molar-refractivity contribution in [2.75, 3.05) is 0 Å². The molecule has 0 aliphatic heterocycles. The molecule has 19 heavy (non-hydrogen) atoms. The number of benzene rings is 1. The van der Waals surface area contributed by atoms with E-state index in [-0.39, 0.29) is 5.69 Å². The highest BCUT2D eigenvalue weighted by Crippen LogP contribution is 2.39. The lowest BCUT2D eigenvalue weighted by molar-refractivity contribution is -0.137. The minimum atomic E-state index is -4.39. The van der Waals surface area contributed by atoms with Crippen LogP contribution in [0.3, 0.4) is 0 Å². The van der Waals surface area contributed by atoms with Crippen LogP contribution >= 0.6 is 11.3 Å². The zero-order valence-electron chi connectivity index (χ0n) is 9.61. The molecule has 0 amide bonds. The minimum Gasteiger partial charge on any atom is -0.255 e. The molecule has 0 aliphatic carbocycles. The van der Waals surface area contributed by atoms with Crippen LogP contribution in [0.15, 0.2) is 48.7 Å². The second-order valence-electron chi connectivity index (χ2n) is 4.05. The summed E-state index contributed by atoms with van der Waals surface area (Å²) in [6.07, 6.45) is -3.01. The number of nitrogens with zero attached hydrogens (tertiary/aromatic N) is 1. The van der Waals surface area contributed by atoms with Gasteiger partial charge in [0.25, 0.3) is 0 Å². The minimum absolute atomic E-state index is 0.00352. The van der Waals surface area contributed by atoms with E-state index in [0.29, 0.717) is 4.88 Å². The Morgan fingerprint density at radius 3 is 2.53 bits per heavy atom. The van der Waals surface area contributed by atoms with Crippen molar-refractivity contribution in [1.82, 2.24) is 4.98 Å². The maximum atomic E-state index is 13.0. The van der Waals surface area contributed by atoms with Crippen molar-refractivity contribution in [3.8, 4) is 10.6 Å². The van der Waals surface area contributed by atoms with E-state index >= 15 is 0 Å². The van der Waals surface area contributed by atoms with E-state index in [9.17, 15) is 13.2 Å². The highest BCUT2D eigenvalue weighted by molar-refractivity contribution is 7.22. The third kappa shape index (κ3) is 2.21. The van der Waals surface area contributed by atoms with Crippen LogP contribution in [0.25, 0.3) is 20.7 Å². The molecule has 0 unspecified atom stereocenters. The van der Waals surface area contributed by atoms with Gasteiger partial charge in [-0.1, -0.05) is 18.2 Å². The molecule has 1 nitrogen and oxygen atoms in total. The summed E-state index contributed by atoms with van der Waals surface area (Å²) in [4.78, 5) is 4.44. The van der Waals surface area contributed by atoms with Crippen LogP contribution in [-0.4, -0.2) is 4.98 Å². The quantitative estimate of drug-likeness (QED) is 0.612. The molecule has 0 N–H and O–H groups in total. The Kier molecular flexibility index (Phi) is 2.78. The van der Waals surface area contributed by atoms with Gasteiger partial charge in [0.2, 0.25) is 0 Å². The number of hydrogen-bond donors (Lipinski definition) is 0. The van der Waals surface area contributed by atoms with Gasteiger partial charge in [-0.2, -0.15) is 13.2 Å².